The van der Waals surface area contributed by atoms with Crippen LogP contribution in [-0.4, -0.2) is 38.7 Å². The van der Waals surface area contributed by atoms with Gasteiger partial charge in [-0.15, -0.1) is 0 Å². The van der Waals surface area contributed by atoms with E-state index in [0.717, 1.165) is 54.9 Å². The molecule has 30 heavy (non-hydrogen) atoms. The Bertz CT molecular complexity index is 1010. The second-order valence-corrected chi connectivity index (χ2v) is 7.97. The monoisotopic (exact) mass is 407 g/mol. The average molecular weight is 408 g/mol. The second kappa shape index (κ2) is 8.83. The number of furan rings is 1. The Balaban J connectivity index is 1.49. The molecule has 4 rings (SSSR count). The lowest BCUT2D eigenvalue weighted by Gasteiger charge is -2.25. The molecule has 1 aliphatic carbocycles. The van der Waals surface area contributed by atoms with Crippen LogP contribution in [0.2, 0.25) is 0 Å². The van der Waals surface area contributed by atoms with Crippen molar-refractivity contribution in [2.45, 2.75) is 58.8 Å². The van der Waals surface area contributed by atoms with Gasteiger partial charge in [0, 0.05) is 55.2 Å². The van der Waals surface area contributed by atoms with Crippen LogP contribution in [0.25, 0.3) is 0 Å². The molecule has 1 atom stereocenters. The Morgan fingerprint density at radius 3 is 2.97 bits per heavy atom. The third kappa shape index (κ3) is 4.31. The minimum atomic E-state index is -0.0411. The number of aromatic nitrogens is 3. The van der Waals surface area contributed by atoms with Crippen molar-refractivity contribution in [3.05, 3.63) is 70.7 Å². The van der Waals surface area contributed by atoms with Crippen LogP contribution in [0.15, 0.2) is 41.2 Å². The number of amides is 1. The molecule has 0 saturated heterocycles. The minimum absolute atomic E-state index is 0.0411. The van der Waals surface area contributed by atoms with Crippen molar-refractivity contribution in [3.8, 4) is 0 Å². The summed E-state index contributed by atoms with van der Waals surface area (Å²) in [7, 11) is 1.81. The van der Waals surface area contributed by atoms with Gasteiger partial charge in [-0.2, -0.15) is 5.10 Å². The van der Waals surface area contributed by atoms with Crippen LogP contribution in [0.4, 0.5) is 0 Å². The predicted molar refractivity (Wildman–Crippen MR) is 114 cm³/mol. The van der Waals surface area contributed by atoms with E-state index in [4.69, 9.17) is 4.42 Å². The summed E-state index contributed by atoms with van der Waals surface area (Å²) in [5, 5.41) is 8.31. The van der Waals surface area contributed by atoms with E-state index >= 15 is 0 Å². The first-order valence-electron chi connectivity index (χ1n) is 10.6. The molecule has 1 aliphatic rings. The third-order valence-electron chi connectivity index (χ3n) is 5.71. The molecule has 0 spiro atoms. The summed E-state index contributed by atoms with van der Waals surface area (Å²) in [5.74, 6) is -0.0411. The number of carbonyl (C=O) groups excluding carboxylic acids is 1. The molecule has 0 aliphatic heterocycles. The largest absolute Gasteiger partial charge is 0.472 e. The van der Waals surface area contributed by atoms with E-state index in [1.54, 1.807) is 17.4 Å². The van der Waals surface area contributed by atoms with Gasteiger partial charge < -0.3 is 14.6 Å². The van der Waals surface area contributed by atoms with E-state index in [1.807, 2.05) is 42.9 Å². The lowest BCUT2D eigenvalue weighted by molar-refractivity contribution is 0.0777. The Morgan fingerprint density at radius 2 is 2.23 bits per heavy atom. The van der Waals surface area contributed by atoms with Gasteiger partial charge in [0.1, 0.15) is 0 Å². The fourth-order valence-electron chi connectivity index (χ4n) is 4.15. The molecule has 1 N–H and O–H groups in total. The molecule has 0 aromatic carbocycles. The zero-order valence-electron chi connectivity index (χ0n) is 17.9. The van der Waals surface area contributed by atoms with Gasteiger partial charge in [-0.05, 0) is 51.3 Å². The molecule has 0 bridgehead atoms. The molecule has 0 saturated carbocycles. The first kappa shape index (κ1) is 20.3. The molecule has 0 fully saturated rings. The van der Waals surface area contributed by atoms with E-state index in [9.17, 15) is 4.79 Å². The minimum Gasteiger partial charge on any atom is -0.472 e. The Kier molecular flexibility index (Phi) is 5.99. The molecule has 3 heterocycles. The van der Waals surface area contributed by atoms with Crippen LogP contribution < -0.4 is 5.32 Å². The van der Waals surface area contributed by atoms with Gasteiger partial charge in [0.25, 0.3) is 5.91 Å². The van der Waals surface area contributed by atoms with Gasteiger partial charge >= 0.3 is 0 Å². The first-order chi connectivity index (χ1) is 14.5. The maximum absolute atomic E-state index is 13.2. The quantitative estimate of drug-likeness (QED) is 0.651. The highest BCUT2D eigenvalue weighted by Crippen LogP contribution is 2.26. The lowest BCUT2D eigenvalue weighted by atomic mass is 9.91. The summed E-state index contributed by atoms with van der Waals surface area (Å²) in [6.45, 7) is 6.08. The Labute approximate surface area is 177 Å². The van der Waals surface area contributed by atoms with Crippen molar-refractivity contribution >= 4 is 5.91 Å². The molecule has 3 aromatic heterocycles. The molecular weight excluding hydrogens is 378 g/mol. The van der Waals surface area contributed by atoms with Crippen LogP contribution in [-0.2, 0) is 32.5 Å². The Hall–Kier alpha value is -2.93. The predicted octanol–water partition coefficient (Wildman–Crippen LogP) is 3.12. The second-order valence-electron chi connectivity index (χ2n) is 7.97. The van der Waals surface area contributed by atoms with Crippen molar-refractivity contribution in [2.75, 3.05) is 7.05 Å². The normalized spacial score (nSPS) is 15.8. The van der Waals surface area contributed by atoms with Crippen molar-refractivity contribution < 1.29 is 9.21 Å². The molecule has 158 valence electrons. The van der Waals surface area contributed by atoms with E-state index in [2.05, 4.69) is 22.3 Å². The molecule has 7 heteroatoms. The maximum Gasteiger partial charge on any atom is 0.274 e. The van der Waals surface area contributed by atoms with E-state index < -0.39 is 0 Å². The number of fused-ring (bicyclic) bond motifs is 1. The highest BCUT2D eigenvalue weighted by Gasteiger charge is 2.30. The average Bonchev–Trinajstić information content (AvgIpc) is 3.39. The third-order valence-corrected chi connectivity index (χ3v) is 5.71. The summed E-state index contributed by atoms with van der Waals surface area (Å²) in [5.41, 5.74) is 5.91. The van der Waals surface area contributed by atoms with Crippen LogP contribution in [0.3, 0.4) is 0 Å². The number of pyridine rings is 1. The SMILES string of the molecule is CCn1nc(C(=O)N(C)Cc2ccoc2)c2c1CCC(NCc1cccc(C)n1)C2. The smallest absolute Gasteiger partial charge is 0.274 e. The van der Waals surface area contributed by atoms with Crippen LogP contribution in [0.5, 0.6) is 0 Å². The number of rotatable bonds is 7. The number of hydrogen-bond donors (Lipinski definition) is 1. The number of hydrogen-bond acceptors (Lipinski definition) is 5. The number of nitrogens with zero attached hydrogens (tertiary/aromatic N) is 4. The topological polar surface area (TPSA) is 76.2 Å². The molecule has 1 amide bonds. The fraction of sp³-hybridized carbons (Fsp3) is 0.435. The Morgan fingerprint density at radius 1 is 1.37 bits per heavy atom. The fourth-order valence-corrected chi connectivity index (χ4v) is 4.15. The van der Waals surface area contributed by atoms with Gasteiger partial charge in [0.2, 0.25) is 0 Å². The number of nitrogens with one attached hydrogen (secondary N) is 1. The molecule has 1 unspecified atom stereocenters. The van der Waals surface area contributed by atoms with Gasteiger partial charge in [-0.3, -0.25) is 14.5 Å². The molecule has 0 radical (unpaired) electrons. The standard InChI is InChI=1S/C23H29N5O2/c1-4-28-21-9-8-18(24-13-19-7-5-6-16(2)25-19)12-20(21)22(26-28)23(29)27(3)14-17-10-11-30-15-17/h5-7,10-11,15,18,24H,4,8-9,12-14H2,1-3H3. The summed E-state index contributed by atoms with van der Waals surface area (Å²) in [6, 6.07) is 8.27. The van der Waals surface area contributed by atoms with Gasteiger partial charge in [0.05, 0.1) is 18.2 Å². The van der Waals surface area contributed by atoms with Crippen molar-refractivity contribution in [3.63, 3.8) is 0 Å². The number of carbonyl (C=O) groups is 1. The zero-order chi connectivity index (χ0) is 21.1. The summed E-state index contributed by atoms with van der Waals surface area (Å²) < 4.78 is 7.12. The first-order valence-corrected chi connectivity index (χ1v) is 10.6. The van der Waals surface area contributed by atoms with E-state index in [-0.39, 0.29) is 5.91 Å². The van der Waals surface area contributed by atoms with Crippen LogP contribution >= 0.6 is 0 Å². The van der Waals surface area contributed by atoms with Crippen molar-refractivity contribution in [1.29, 1.82) is 0 Å². The van der Waals surface area contributed by atoms with Crippen molar-refractivity contribution in [2.24, 2.45) is 0 Å². The highest BCUT2D eigenvalue weighted by molar-refractivity contribution is 5.94. The van der Waals surface area contributed by atoms with Crippen LogP contribution in [0.1, 0.15) is 52.0 Å². The summed E-state index contributed by atoms with van der Waals surface area (Å²) in [4.78, 5) is 19.5. The summed E-state index contributed by atoms with van der Waals surface area (Å²) >= 11 is 0. The lowest BCUT2D eigenvalue weighted by Crippen LogP contribution is -2.35. The summed E-state index contributed by atoms with van der Waals surface area (Å²) in [6.07, 6.45) is 6.06. The molecule has 7 nitrogen and oxygen atoms in total. The van der Waals surface area contributed by atoms with Gasteiger partial charge in [-0.1, -0.05) is 6.07 Å². The molecule has 3 aromatic rings. The van der Waals surface area contributed by atoms with E-state index in [1.165, 1.54) is 5.69 Å². The van der Waals surface area contributed by atoms with Gasteiger partial charge in [-0.25, -0.2) is 0 Å². The van der Waals surface area contributed by atoms with E-state index in [0.29, 0.717) is 18.3 Å². The van der Waals surface area contributed by atoms with Gasteiger partial charge in [0.15, 0.2) is 5.69 Å². The number of aryl methyl sites for hydroxylation is 2. The molecular formula is C23H29N5O2. The van der Waals surface area contributed by atoms with Crippen molar-refractivity contribution in [1.82, 2.24) is 25.0 Å². The highest BCUT2D eigenvalue weighted by atomic mass is 16.3. The maximum atomic E-state index is 13.2. The van der Waals surface area contributed by atoms with Crippen LogP contribution in [0, 0.1) is 6.92 Å². The zero-order valence-corrected chi connectivity index (χ0v) is 17.9.